The van der Waals surface area contributed by atoms with Crippen molar-refractivity contribution in [3.63, 3.8) is 0 Å². The summed E-state index contributed by atoms with van der Waals surface area (Å²) < 4.78 is 0. The summed E-state index contributed by atoms with van der Waals surface area (Å²) in [5, 5.41) is 36.2. The number of rotatable bonds is 11. The average molecular weight is 668 g/mol. The van der Waals surface area contributed by atoms with Gasteiger partial charge < -0.3 is 15.1 Å². The molecule has 0 aliphatic heterocycles. The van der Waals surface area contributed by atoms with Gasteiger partial charge >= 0.3 is 11.9 Å². The van der Waals surface area contributed by atoms with Crippen molar-refractivity contribution in [2.45, 2.75) is 13.8 Å². The first-order valence-corrected chi connectivity index (χ1v) is 16.0. The maximum absolute atomic E-state index is 11.1. The number of aryl methyl sites for hydroxylation is 2. The molecule has 0 unspecified atom stereocenters. The van der Waals surface area contributed by atoms with E-state index in [1.54, 1.807) is 36.4 Å². The van der Waals surface area contributed by atoms with Crippen molar-refractivity contribution in [2.75, 3.05) is 4.90 Å². The quantitative estimate of drug-likeness (QED) is 0.0816. The van der Waals surface area contributed by atoms with Crippen LogP contribution in [0.2, 0.25) is 0 Å². The maximum atomic E-state index is 11.1. The van der Waals surface area contributed by atoms with E-state index in [9.17, 15) is 9.59 Å². The second-order valence-electron chi connectivity index (χ2n) is 11.8. The van der Waals surface area contributed by atoms with Gasteiger partial charge in [0.1, 0.15) is 23.3 Å². The van der Waals surface area contributed by atoms with Crippen LogP contribution in [0.15, 0.2) is 126 Å². The van der Waals surface area contributed by atoms with Gasteiger partial charge in [-0.2, -0.15) is 10.5 Å². The minimum atomic E-state index is -1.25. The zero-order chi connectivity index (χ0) is 36.3. The molecule has 5 aromatic rings. The van der Waals surface area contributed by atoms with Gasteiger partial charge in [-0.1, -0.05) is 115 Å². The highest BCUT2D eigenvalue weighted by atomic mass is 16.4. The number of carboxylic acid groups (broad SMARTS) is 2. The molecule has 0 bridgehead atoms. The lowest BCUT2D eigenvalue weighted by molar-refractivity contribution is -0.133. The van der Waals surface area contributed by atoms with Crippen LogP contribution in [0.25, 0.3) is 36.5 Å². The summed E-state index contributed by atoms with van der Waals surface area (Å²) in [5.74, 6) is -2.50. The molecule has 0 amide bonds. The molecule has 248 valence electrons. The third-order valence-corrected chi connectivity index (χ3v) is 8.03. The average Bonchev–Trinajstić information content (AvgIpc) is 3.13. The fourth-order valence-electron chi connectivity index (χ4n) is 5.36. The lowest BCUT2D eigenvalue weighted by atomic mass is 10.1. The smallest absolute Gasteiger partial charge is 0.346 e. The molecular formula is C44H33N3O4. The number of aliphatic carboxylic acids is 2. The van der Waals surface area contributed by atoms with Gasteiger partial charge in [0.05, 0.1) is 0 Å². The summed E-state index contributed by atoms with van der Waals surface area (Å²) >= 11 is 0. The van der Waals surface area contributed by atoms with Gasteiger partial charge in [-0.25, -0.2) is 9.59 Å². The van der Waals surface area contributed by atoms with Gasteiger partial charge in [0.2, 0.25) is 0 Å². The van der Waals surface area contributed by atoms with Gasteiger partial charge in [-0.3, -0.25) is 0 Å². The Bertz CT molecular complexity index is 2130. The highest BCUT2D eigenvalue weighted by Crippen LogP contribution is 2.37. The van der Waals surface area contributed by atoms with Gasteiger partial charge in [0.25, 0.3) is 0 Å². The standard InChI is InChI=1S/C44H33N3O4/c1-30-3-24-42(31(2)25-30)47(40-20-16-34(17-21-40)6-4-32-8-12-36(13-9-32)26-38(28-45)43(48)49)41-22-18-35(19-23-41)7-5-33-10-14-37(15-11-33)27-39(29-46)44(50)51/h3-27H,1-2H3,(H,48,49)(H,50,51)/b6-4+,7-5+,38-26+,39-27+. The fourth-order valence-corrected chi connectivity index (χ4v) is 5.36. The van der Waals surface area contributed by atoms with Crippen LogP contribution < -0.4 is 4.90 Å². The fraction of sp³-hybridized carbons (Fsp3) is 0.0455. The Morgan fingerprint density at radius 2 is 0.863 bits per heavy atom. The molecule has 0 aliphatic rings. The van der Waals surface area contributed by atoms with E-state index in [4.69, 9.17) is 20.7 Å². The highest BCUT2D eigenvalue weighted by molar-refractivity contribution is 5.97. The van der Waals surface area contributed by atoms with Crippen LogP contribution >= 0.6 is 0 Å². The Hall–Kier alpha value is -7.22. The molecule has 0 aromatic heterocycles. The Labute approximate surface area is 296 Å². The van der Waals surface area contributed by atoms with E-state index in [1.165, 1.54) is 17.7 Å². The number of hydrogen-bond donors (Lipinski definition) is 2. The summed E-state index contributed by atoms with van der Waals surface area (Å²) in [5.41, 5.74) is 9.97. The van der Waals surface area contributed by atoms with Gasteiger partial charge in [-0.15, -0.1) is 0 Å². The van der Waals surface area contributed by atoms with Gasteiger partial charge in [0.15, 0.2) is 0 Å². The Kier molecular flexibility index (Phi) is 11.2. The lowest BCUT2D eigenvalue weighted by Gasteiger charge is -2.27. The van der Waals surface area contributed by atoms with Crippen LogP contribution in [0.5, 0.6) is 0 Å². The van der Waals surface area contributed by atoms with Gasteiger partial charge in [-0.05, 0) is 95.3 Å². The number of nitriles is 2. The topological polar surface area (TPSA) is 125 Å². The maximum Gasteiger partial charge on any atom is 0.346 e. The number of carbonyl (C=O) groups is 2. The minimum Gasteiger partial charge on any atom is -0.477 e. The Morgan fingerprint density at radius 3 is 1.18 bits per heavy atom. The van der Waals surface area contributed by atoms with Crippen molar-refractivity contribution in [2.24, 2.45) is 0 Å². The normalized spacial score (nSPS) is 11.7. The van der Waals surface area contributed by atoms with E-state index in [1.807, 2.05) is 48.6 Å². The lowest BCUT2D eigenvalue weighted by Crippen LogP contribution is -2.11. The molecule has 2 N–H and O–H groups in total. The summed E-state index contributed by atoms with van der Waals surface area (Å²) in [6.07, 6.45) is 10.7. The number of benzene rings is 5. The van der Waals surface area contributed by atoms with Gasteiger partial charge in [0, 0.05) is 17.1 Å². The van der Waals surface area contributed by atoms with Crippen molar-refractivity contribution >= 4 is 65.5 Å². The molecule has 7 nitrogen and oxygen atoms in total. The molecule has 0 fully saturated rings. The molecule has 0 radical (unpaired) electrons. The molecular weight excluding hydrogens is 635 g/mol. The molecule has 7 heteroatoms. The monoisotopic (exact) mass is 667 g/mol. The van der Waals surface area contributed by atoms with Crippen molar-refractivity contribution in [3.8, 4) is 12.1 Å². The summed E-state index contributed by atoms with van der Waals surface area (Å²) in [6.45, 7) is 4.19. The minimum absolute atomic E-state index is 0.313. The van der Waals surface area contributed by atoms with E-state index in [0.717, 1.165) is 44.9 Å². The number of anilines is 3. The van der Waals surface area contributed by atoms with Crippen LogP contribution in [-0.4, -0.2) is 22.2 Å². The summed E-state index contributed by atoms with van der Waals surface area (Å²) in [6, 6.07) is 41.0. The van der Waals surface area contributed by atoms with E-state index in [0.29, 0.717) is 11.1 Å². The Morgan fingerprint density at radius 1 is 0.529 bits per heavy atom. The van der Waals surface area contributed by atoms with Crippen LogP contribution in [0.4, 0.5) is 17.1 Å². The number of nitrogens with zero attached hydrogens (tertiary/aromatic N) is 3. The van der Waals surface area contributed by atoms with Crippen molar-refractivity contribution < 1.29 is 19.8 Å². The van der Waals surface area contributed by atoms with Crippen molar-refractivity contribution in [1.29, 1.82) is 10.5 Å². The summed E-state index contributed by atoms with van der Waals surface area (Å²) in [7, 11) is 0. The molecule has 0 saturated heterocycles. The SMILES string of the molecule is Cc1ccc(N(c2ccc(/C=C/c3ccc(/C=C(\C#N)C(=O)O)cc3)cc2)c2ccc(/C=C/c3ccc(/C=C(\C#N)C(=O)O)cc3)cc2)c(C)c1. The first-order chi connectivity index (χ1) is 24.6. The highest BCUT2D eigenvalue weighted by Gasteiger charge is 2.15. The zero-order valence-electron chi connectivity index (χ0n) is 28.0. The van der Waals surface area contributed by atoms with Crippen LogP contribution in [0, 0.1) is 36.5 Å². The summed E-state index contributed by atoms with van der Waals surface area (Å²) in [4.78, 5) is 24.5. The van der Waals surface area contributed by atoms with Crippen LogP contribution in [-0.2, 0) is 9.59 Å². The zero-order valence-corrected chi connectivity index (χ0v) is 28.0. The molecule has 5 aromatic carbocycles. The van der Waals surface area contributed by atoms with E-state index in [-0.39, 0.29) is 11.1 Å². The second-order valence-corrected chi connectivity index (χ2v) is 11.8. The number of carboxylic acids is 2. The predicted molar refractivity (Wildman–Crippen MR) is 204 cm³/mol. The third-order valence-electron chi connectivity index (χ3n) is 8.03. The molecule has 0 spiro atoms. The predicted octanol–water partition coefficient (Wildman–Crippen LogP) is 10.1. The van der Waals surface area contributed by atoms with Crippen LogP contribution in [0.1, 0.15) is 44.5 Å². The van der Waals surface area contributed by atoms with Crippen molar-refractivity contribution in [3.05, 3.63) is 171 Å². The van der Waals surface area contributed by atoms with Crippen molar-refractivity contribution in [1.82, 2.24) is 0 Å². The molecule has 0 aliphatic carbocycles. The molecule has 0 heterocycles. The largest absolute Gasteiger partial charge is 0.477 e. The van der Waals surface area contributed by atoms with E-state index < -0.39 is 11.9 Å². The molecule has 51 heavy (non-hydrogen) atoms. The van der Waals surface area contributed by atoms with Crippen LogP contribution in [0.3, 0.4) is 0 Å². The van der Waals surface area contributed by atoms with E-state index >= 15 is 0 Å². The first-order valence-electron chi connectivity index (χ1n) is 16.0. The molecule has 0 saturated carbocycles. The molecule has 5 rings (SSSR count). The molecule has 0 atom stereocenters. The Balaban J connectivity index is 1.35. The second kappa shape index (κ2) is 16.3. The third kappa shape index (κ3) is 9.23. The first kappa shape index (κ1) is 35.1. The number of hydrogen-bond acceptors (Lipinski definition) is 5. The van der Waals surface area contributed by atoms with E-state index in [2.05, 4.69) is 85.5 Å².